The smallest absolute Gasteiger partial charge is 0.343 e. The molecular weight excluding hydrogens is 272 g/mol. The first-order valence-electron chi connectivity index (χ1n) is 7.30. The number of carboxylic acids is 1. The molecular formula is C15H20N2O4. The third-order valence-corrected chi connectivity index (χ3v) is 4.06. The number of hydrogen-bond acceptors (Lipinski definition) is 4. The number of hydrogen-bond donors (Lipinski definition) is 2. The molecule has 1 aliphatic carbocycles. The predicted octanol–water partition coefficient (Wildman–Crippen LogP) is 2.96. The molecule has 0 saturated heterocycles. The lowest BCUT2D eigenvalue weighted by Crippen LogP contribution is -2.19. The van der Waals surface area contributed by atoms with Crippen molar-refractivity contribution in [3.8, 4) is 0 Å². The van der Waals surface area contributed by atoms with Crippen molar-refractivity contribution >= 4 is 11.7 Å². The summed E-state index contributed by atoms with van der Waals surface area (Å²) in [4.78, 5) is 21.5. The number of carbonyl (C=O) groups is 1. The topological polar surface area (TPSA) is 92.5 Å². The molecule has 0 radical (unpaired) electrons. The van der Waals surface area contributed by atoms with E-state index in [1.165, 1.54) is 37.8 Å². The maximum absolute atomic E-state index is 11.3. The summed E-state index contributed by atoms with van der Waals surface area (Å²) in [5.74, 6) is -0.489. The molecule has 0 unspecified atom stereocenters. The number of nitrogens with one attached hydrogen (secondary N) is 1. The van der Waals surface area contributed by atoms with Crippen LogP contribution < -0.4 is 5.32 Å². The van der Waals surface area contributed by atoms with E-state index in [0.717, 1.165) is 18.9 Å². The van der Waals surface area contributed by atoms with Crippen molar-refractivity contribution in [3.05, 3.63) is 39.4 Å². The van der Waals surface area contributed by atoms with Gasteiger partial charge in [0.05, 0.1) is 4.92 Å². The minimum absolute atomic E-state index is 0.212. The van der Waals surface area contributed by atoms with Gasteiger partial charge in [-0.3, -0.25) is 10.1 Å². The molecule has 0 atom stereocenters. The molecule has 0 amide bonds. The maximum Gasteiger partial charge on any atom is 0.343 e. The number of carboxylic acid groups (broad SMARTS) is 1. The summed E-state index contributed by atoms with van der Waals surface area (Å²) in [7, 11) is 0. The minimum Gasteiger partial charge on any atom is -0.477 e. The molecule has 0 aromatic heterocycles. The Hall–Kier alpha value is -1.95. The molecule has 1 saturated carbocycles. The molecule has 1 aromatic carbocycles. The highest BCUT2D eigenvalue weighted by molar-refractivity contribution is 5.94. The van der Waals surface area contributed by atoms with Crippen LogP contribution in [0.3, 0.4) is 0 Å². The Morgan fingerprint density at radius 2 is 2.10 bits per heavy atom. The van der Waals surface area contributed by atoms with Crippen LogP contribution in [-0.2, 0) is 6.54 Å². The Bertz CT molecular complexity index is 524. The molecule has 0 bridgehead atoms. The van der Waals surface area contributed by atoms with Crippen LogP contribution >= 0.6 is 0 Å². The molecule has 114 valence electrons. The molecule has 0 spiro atoms. The first kappa shape index (κ1) is 15.4. The van der Waals surface area contributed by atoms with Crippen LogP contribution in [-0.4, -0.2) is 22.5 Å². The molecule has 6 nitrogen and oxygen atoms in total. The number of benzene rings is 1. The van der Waals surface area contributed by atoms with Crippen molar-refractivity contribution in [2.24, 2.45) is 5.92 Å². The highest BCUT2D eigenvalue weighted by Gasteiger charge is 2.23. The van der Waals surface area contributed by atoms with Gasteiger partial charge in [0.2, 0.25) is 0 Å². The van der Waals surface area contributed by atoms with Gasteiger partial charge >= 0.3 is 5.97 Å². The van der Waals surface area contributed by atoms with E-state index >= 15 is 0 Å². The fourth-order valence-electron chi connectivity index (χ4n) is 2.96. The molecule has 6 heteroatoms. The molecule has 0 heterocycles. The van der Waals surface area contributed by atoms with Gasteiger partial charge in [-0.1, -0.05) is 37.8 Å². The largest absolute Gasteiger partial charge is 0.477 e. The normalized spacial score (nSPS) is 15.2. The number of nitrogens with zero attached hydrogens (tertiary/aromatic N) is 1. The second-order valence-electron chi connectivity index (χ2n) is 5.49. The van der Waals surface area contributed by atoms with Gasteiger partial charge in [0.25, 0.3) is 5.69 Å². The van der Waals surface area contributed by atoms with Crippen LogP contribution in [0.5, 0.6) is 0 Å². The first-order valence-corrected chi connectivity index (χ1v) is 7.30. The molecule has 1 aromatic rings. The average Bonchev–Trinajstić information content (AvgIpc) is 2.96. The van der Waals surface area contributed by atoms with Gasteiger partial charge in [0.1, 0.15) is 5.56 Å². The Morgan fingerprint density at radius 1 is 1.38 bits per heavy atom. The van der Waals surface area contributed by atoms with Crippen LogP contribution in [0.2, 0.25) is 0 Å². The summed E-state index contributed by atoms with van der Waals surface area (Å²) in [6.07, 6.45) is 6.24. The summed E-state index contributed by atoms with van der Waals surface area (Å²) in [6, 6.07) is 4.38. The lowest BCUT2D eigenvalue weighted by atomic mass is 10.0. The predicted molar refractivity (Wildman–Crippen MR) is 78.3 cm³/mol. The Labute approximate surface area is 123 Å². The van der Waals surface area contributed by atoms with E-state index in [-0.39, 0.29) is 11.3 Å². The van der Waals surface area contributed by atoms with Crippen LogP contribution in [0, 0.1) is 16.0 Å². The van der Waals surface area contributed by atoms with Crippen LogP contribution in [0.15, 0.2) is 18.2 Å². The van der Waals surface area contributed by atoms with E-state index in [4.69, 9.17) is 0 Å². The van der Waals surface area contributed by atoms with E-state index in [0.29, 0.717) is 12.1 Å². The van der Waals surface area contributed by atoms with Crippen molar-refractivity contribution < 1.29 is 14.8 Å². The van der Waals surface area contributed by atoms with Gasteiger partial charge in [-0.05, 0) is 24.4 Å². The van der Waals surface area contributed by atoms with E-state index < -0.39 is 10.9 Å². The zero-order chi connectivity index (χ0) is 15.2. The van der Waals surface area contributed by atoms with Crippen LogP contribution in [0.4, 0.5) is 5.69 Å². The third-order valence-electron chi connectivity index (χ3n) is 4.06. The van der Waals surface area contributed by atoms with Gasteiger partial charge in [-0.15, -0.1) is 0 Å². The SMILES string of the molecule is O=C(O)c1c(CNCCC2CCCC2)cccc1[N+](=O)[O-]. The van der Waals surface area contributed by atoms with Crippen molar-refractivity contribution in [3.63, 3.8) is 0 Å². The summed E-state index contributed by atoms with van der Waals surface area (Å²) in [5.41, 5.74) is -0.100. The lowest BCUT2D eigenvalue weighted by Gasteiger charge is -2.11. The second kappa shape index (κ2) is 7.17. The van der Waals surface area contributed by atoms with Crippen molar-refractivity contribution in [2.75, 3.05) is 6.54 Å². The highest BCUT2D eigenvalue weighted by atomic mass is 16.6. The molecule has 2 rings (SSSR count). The lowest BCUT2D eigenvalue weighted by molar-refractivity contribution is -0.385. The van der Waals surface area contributed by atoms with E-state index in [1.54, 1.807) is 6.07 Å². The summed E-state index contributed by atoms with van der Waals surface area (Å²) in [5, 5.41) is 23.3. The van der Waals surface area contributed by atoms with E-state index in [2.05, 4.69) is 5.32 Å². The summed E-state index contributed by atoms with van der Waals surface area (Å²) < 4.78 is 0. The Kier molecular flexibility index (Phi) is 5.27. The van der Waals surface area contributed by atoms with E-state index in [9.17, 15) is 20.0 Å². The third kappa shape index (κ3) is 4.01. The molecule has 2 N–H and O–H groups in total. The van der Waals surface area contributed by atoms with Crippen molar-refractivity contribution in [1.82, 2.24) is 5.32 Å². The number of nitro benzene ring substituents is 1. The summed E-state index contributed by atoms with van der Waals surface area (Å²) >= 11 is 0. The zero-order valence-corrected chi connectivity index (χ0v) is 11.9. The minimum atomic E-state index is -1.25. The van der Waals surface area contributed by atoms with Crippen molar-refractivity contribution in [2.45, 2.75) is 38.6 Å². The molecule has 1 aliphatic rings. The monoisotopic (exact) mass is 292 g/mol. The van der Waals surface area contributed by atoms with Crippen LogP contribution in [0.1, 0.15) is 48.0 Å². The first-order chi connectivity index (χ1) is 10.1. The molecule has 1 fully saturated rings. The van der Waals surface area contributed by atoms with Gasteiger partial charge in [0.15, 0.2) is 0 Å². The molecule has 0 aliphatic heterocycles. The summed E-state index contributed by atoms with van der Waals surface area (Å²) in [6.45, 7) is 1.16. The fraction of sp³-hybridized carbons (Fsp3) is 0.533. The average molecular weight is 292 g/mol. The Balaban J connectivity index is 1.97. The van der Waals surface area contributed by atoms with Crippen molar-refractivity contribution in [1.29, 1.82) is 0 Å². The van der Waals surface area contributed by atoms with E-state index in [1.807, 2.05) is 0 Å². The zero-order valence-electron chi connectivity index (χ0n) is 11.9. The highest BCUT2D eigenvalue weighted by Crippen LogP contribution is 2.27. The van der Waals surface area contributed by atoms with Crippen LogP contribution in [0.25, 0.3) is 0 Å². The van der Waals surface area contributed by atoms with Gasteiger partial charge < -0.3 is 10.4 Å². The standard InChI is InChI=1S/C15H20N2O4/c18-15(19)14-12(6-3-7-13(14)17(20)21)10-16-9-8-11-4-1-2-5-11/h3,6-7,11,16H,1-2,4-5,8-10H2,(H,18,19). The second-order valence-corrected chi connectivity index (χ2v) is 5.49. The molecule has 21 heavy (non-hydrogen) atoms. The fourth-order valence-corrected chi connectivity index (χ4v) is 2.96. The number of nitro groups is 1. The van der Waals surface area contributed by atoms with Gasteiger partial charge in [-0.25, -0.2) is 4.79 Å². The van der Waals surface area contributed by atoms with Gasteiger partial charge in [-0.2, -0.15) is 0 Å². The number of rotatable bonds is 7. The quantitative estimate of drug-likeness (QED) is 0.458. The van der Waals surface area contributed by atoms with Gasteiger partial charge in [0, 0.05) is 12.6 Å². The number of aromatic carboxylic acids is 1. The maximum atomic E-state index is 11.3. The Morgan fingerprint density at radius 3 is 2.71 bits per heavy atom.